The molecule has 0 amide bonds. The van der Waals surface area contributed by atoms with E-state index < -0.39 is 12.1 Å². The van der Waals surface area contributed by atoms with Crippen LogP contribution in [-0.4, -0.2) is 28.8 Å². The SMILES string of the molecule is CCCCOc1ccc2oc(C)nc2c1C.O=C(O)C(F)(F)F. The second-order valence-electron chi connectivity index (χ2n) is 4.77. The van der Waals surface area contributed by atoms with Crippen molar-refractivity contribution in [2.75, 3.05) is 6.61 Å². The summed E-state index contributed by atoms with van der Waals surface area (Å²) < 4.78 is 42.9. The minimum Gasteiger partial charge on any atom is -0.493 e. The summed E-state index contributed by atoms with van der Waals surface area (Å²) in [5, 5.41) is 7.12. The summed E-state index contributed by atoms with van der Waals surface area (Å²) in [5.74, 6) is -1.15. The van der Waals surface area contributed by atoms with Crippen LogP contribution in [0.4, 0.5) is 13.2 Å². The number of halogens is 3. The Labute approximate surface area is 131 Å². The van der Waals surface area contributed by atoms with Gasteiger partial charge in [-0.3, -0.25) is 0 Å². The molecule has 2 rings (SSSR count). The van der Waals surface area contributed by atoms with E-state index >= 15 is 0 Å². The molecule has 1 aromatic heterocycles. The monoisotopic (exact) mass is 333 g/mol. The molecular weight excluding hydrogens is 315 g/mol. The molecule has 1 aromatic carbocycles. The van der Waals surface area contributed by atoms with Crippen LogP contribution in [0.1, 0.15) is 31.2 Å². The lowest BCUT2D eigenvalue weighted by molar-refractivity contribution is -0.192. The summed E-state index contributed by atoms with van der Waals surface area (Å²) in [5.41, 5.74) is 2.80. The van der Waals surface area contributed by atoms with Crippen molar-refractivity contribution in [2.24, 2.45) is 0 Å². The minimum atomic E-state index is -5.08. The van der Waals surface area contributed by atoms with Crippen molar-refractivity contribution in [3.63, 3.8) is 0 Å². The third-order valence-electron chi connectivity index (χ3n) is 2.87. The number of carbonyl (C=O) groups is 1. The van der Waals surface area contributed by atoms with Crippen molar-refractivity contribution in [1.82, 2.24) is 4.98 Å². The van der Waals surface area contributed by atoms with E-state index in [-0.39, 0.29) is 0 Å². The van der Waals surface area contributed by atoms with Crippen LogP contribution in [-0.2, 0) is 4.79 Å². The Kier molecular flexibility index (Phi) is 6.41. The number of alkyl halides is 3. The van der Waals surface area contributed by atoms with Crippen LogP contribution in [0.2, 0.25) is 0 Å². The number of aryl methyl sites for hydroxylation is 2. The van der Waals surface area contributed by atoms with Crippen LogP contribution < -0.4 is 4.74 Å². The maximum atomic E-state index is 10.6. The van der Waals surface area contributed by atoms with E-state index in [1.54, 1.807) is 0 Å². The molecule has 0 spiro atoms. The molecule has 1 heterocycles. The Morgan fingerprint density at radius 1 is 1.35 bits per heavy atom. The zero-order chi connectivity index (χ0) is 17.6. The molecule has 5 nitrogen and oxygen atoms in total. The van der Waals surface area contributed by atoms with Gasteiger partial charge in [-0.15, -0.1) is 0 Å². The first kappa shape index (κ1) is 18.8. The number of carboxylic acids is 1. The zero-order valence-electron chi connectivity index (χ0n) is 13.0. The number of ether oxygens (including phenoxy) is 1. The van der Waals surface area contributed by atoms with Gasteiger partial charge in [-0.05, 0) is 25.5 Å². The number of rotatable bonds is 4. The van der Waals surface area contributed by atoms with Gasteiger partial charge < -0.3 is 14.3 Å². The van der Waals surface area contributed by atoms with Crippen LogP contribution in [0.3, 0.4) is 0 Å². The molecule has 23 heavy (non-hydrogen) atoms. The number of aromatic nitrogens is 1. The maximum Gasteiger partial charge on any atom is 0.490 e. The van der Waals surface area contributed by atoms with Gasteiger partial charge >= 0.3 is 12.1 Å². The summed E-state index contributed by atoms with van der Waals surface area (Å²) in [7, 11) is 0. The number of carboxylic acid groups (broad SMARTS) is 1. The van der Waals surface area contributed by atoms with Crippen molar-refractivity contribution in [3.8, 4) is 5.75 Å². The lowest BCUT2D eigenvalue weighted by atomic mass is 10.2. The molecule has 1 N–H and O–H groups in total. The number of hydrogen-bond donors (Lipinski definition) is 1. The van der Waals surface area contributed by atoms with Gasteiger partial charge in [0.2, 0.25) is 0 Å². The molecular formula is C15H18F3NO4. The van der Waals surface area contributed by atoms with Crippen molar-refractivity contribution < 1.29 is 32.2 Å². The molecule has 0 bridgehead atoms. The molecule has 0 fully saturated rings. The van der Waals surface area contributed by atoms with Gasteiger partial charge in [-0.1, -0.05) is 13.3 Å². The highest BCUT2D eigenvalue weighted by atomic mass is 19.4. The lowest BCUT2D eigenvalue weighted by Gasteiger charge is -2.07. The van der Waals surface area contributed by atoms with Gasteiger partial charge in [0, 0.05) is 12.5 Å². The van der Waals surface area contributed by atoms with Crippen LogP contribution in [0.15, 0.2) is 16.5 Å². The van der Waals surface area contributed by atoms with E-state index in [0.717, 1.165) is 41.9 Å². The van der Waals surface area contributed by atoms with E-state index in [4.69, 9.17) is 19.1 Å². The number of benzene rings is 1. The molecule has 2 aromatic rings. The molecule has 0 radical (unpaired) electrons. The fourth-order valence-electron chi connectivity index (χ4n) is 1.70. The van der Waals surface area contributed by atoms with Gasteiger partial charge in [0.25, 0.3) is 0 Å². The predicted molar refractivity (Wildman–Crippen MR) is 77.6 cm³/mol. The van der Waals surface area contributed by atoms with Gasteiger partial charge in [0.15, 0.2) is 11.5 Å². The van der Waals surface area contributed by atoms with Crippen molar-refractivity contribution in [1.29, 1.82) is 0 Å². The first-order chi connectivity index (χ1) is 10.7. The van der Waals surface area contributed by atoms with Gasteiger partial charge in [0.05, 0.1) is 6.61 Å². The average molecular weight is 333 g/mol. The summed E-state index contributed by atoms with van der Waals surface area (Å²) in [4.78, 5) is 13.3. The number of unbranched alkanes of at least 4 members (excludes halogenated alkanes) is 1. The summed E-state index contributed by atoms with van der Waals surface area (Å²) in [6.07, 6.45) is -2.86. The number of fused-ring (bicyclic) bond motifs is 1. The van der Waals surface area contributed by atoms with Gasteiger partial charge in [-0.25, -0.2) is 9.78 Å². The Hall–Kier alpha value is -2.25. The van der Waals surface area contributed by atoms with E-state index in [1.165, 1.54) is 0 Å². The largest absolute Gasteiger partial charge is 0.493 e. The molecule has 0 atom stereocenters. The molecule has 0 saturated carbocycles. The second-order valence-corrected chi connectivity index (χ2v) is 4.77. The molecule has 0 saturated heterocycles. The zero-order valence-corrected chi connectivity index (χ0v) is 13.0. The molecule has 0 aliphatic heterocycles. The van der Waals surface area contributed by atoms with Crippen LogP contribution in [0.5, 0.6) is 5.75 Å². The standard InChI is InChI=1S/C13H17NO2.C2HF3O2/c1-4-5-8-15-11-6-7-12-13(9(11)2)14-10(3)16-12;3-2(4,5)1(6)7/h6-7H,4-5,8H2,1-3H3;(H,6,7). The molecule has 0 unspecified atom stereocenters. The fraction of sp³-hybridized carbons (Fsp3) is 0.467. The summed E-state index contributed by atoms with van der Waals surface area (Å²) in [6.45, 7) is 6.79. The predicted octanol–water partition coefficient (Wildman–Crippen LogP) is 4.26. The highest BCUT2D eigenvalue weighted by molar-refractivity contribution is 5.79. The van der Waals surface area contributed by atoms with E-state index in [9.17, 15) is 13.2 Å². The third kappa shape index (κ3) is 5.46. The van der Waals surface area contributed by atoms with Crippen molar-refractivity contribution >= 4 is 17.1 Å². The Morgan fingerprint density at radius 3 is 2.48 bits per heavy atom. The van der Waals surface area contributed by atoms with E-state index in [0.29, 0.717) is 5.89 Å². The van der Waals surface area contributed by atoms with Crippen LogP contribution in [0.25, 0.3) is 11.1 Å². The van der Waals surface area contributed by atoms with Crippen molar-refractivity contribution in [3.05, 3.63) is 23.6 Å². The van der Waals surface area contributed by atoms with E-state index in [1.807, 2.05) is 26.0 Å². The fourth-order valence-corrected chi connectivity index (χ4v) is 1.70. The minimum absolute atomic E-state index is 0.698. The Bertz CT molecular complexity index is 665. The number of hydrogen-bond acceptors (Lipinski definition) is 4. The first-order valence-electron chi connectivity index (χ1n) is 6.96. The Balaban J connectivity index is 0.000000322. The van der Waals surface area contributed by atoms with Gasteiger partial charge in [-0.2, -0.15) is 13.2 Å². The highest BCUT2D eigenvalue weighted by Gasteiger charge is 2.38. The van der Waals surface area contributed by atoms with Gasteiger partial charge in [0.1, 0.15) is 11.3 Å². The normalized spacial score (nSPS) is 11.0. The summed E-state index contributed by atoms with van der Waals surface area (Å²) in [6, 6.07) is 3.88. The van der Waals surface area contributed by atoms with E-state index in [2.05, 4.69) is 11.9 Å². The molecule has 128 valence electrons. The highest BCUT2D eigenvalue weighted by Crippen LogP contribution is 2.27. The quantitative estimate of drug-likeness (QED) is 0.847. The lowest BCUT2D eigenvalue weighted by Crippen LogP contribution is -2.21. The van der Waals surface area contributed by atoms with Crippen LogP contribution in [0, 0.1) is 13.8 Å². The summed E-state index contributed by atoms with van der Waals surface area (Å²) >= 11 is 0. The number of aliphatic carboxylic acids is 1. The Morgan fingerprint density at radius 2 is 1.96 bits per heavy atom. The number of nitrogens with zero attached hydrogens (tertiary/aromatic N) is 1. The average Bonchev–Trinajstić information content (AvgIpc) is 2.83. The van der Waals surface area contributed by atoms with Crippen LogP contribution >= 0.6 is 0 Å². The smallest absolute Gasteiger partial charge is 0.490 e. The number of oxazole rings is 1. The molecule has 0 aliphatic rings. The third-order valence-corrected chi connectivity index (χ3v) is 2.87. The van der Waals surface area contributed by atoms with Crippen molar-refractivity contribution in [2.45, 2.75) is 39.8 Å². The topological polar surface area (TPSA) is 72.6 Å². The molecule has 0 aliphatic carbocycles. The maximum absolute atomic E-state index is 10.6. The first-order valence-corrected chi connectivity index (χ1v) is 6.96. The molecule has 8 heteroatoms. The second kappa shape index (κ2) is 7.85.